The molecule has 5 rings (SSSR count). The van der Waals surface area contributed by atoms with Gasteiger partial charge in [0.1, 0.15) is 66.7 Å². The summed E-state index contributed by atoms with van der Waals surface area (Å²) in [6, 6.07) is 3.25. The highest BCUT2D eigenvalue weighted by Crippen LogP contribution is 2.23. The maximum Gasteiger partial charge on any atom is 0.246 e. The normalized spacial score (nSPS) is 25.1. The van der Waals surface area contributed by atoms with Crippen LogP contribution in [0, 0.1) is 11.8 Å². The molecule has 3 saturated heterocycles. The Hall–Kier alpha value is -8.38. The van der Waals surface area contributed by atoms with E-state index in [4.69, 9.17) is 16.2 Å². The molecule has 12 N–H and O–H groups in total. The number of primary amides is 2. The highest BCUT2D eigenvalue weighted by atomic mass is 16.5. The van der Waals surface area contributed by atoms with Crippen molar-refractivity contribution >= 4 is 70.9 Å². The fourth-order valence-electron chi connectivity index (χ4n) is 9.99. The number of benzene rings is 2. The summed E-state index contributed by atoms with van der Waals surface area (Å²) in [5.41, 5.74) is 13.2. The Morgan fingerprint density at radius 3 is 1.67 bits per heavy atom. The van der Waals surface area contributed by atoms with Gasteiger partial charge in [-0.1, -0.05) is 75.7 Å². The van der Waals surface area contributed by atoms with Crippen molar-refractivity contribution < 1.29 is 62.3 Å². The summed E-state index contributed by atoms with van der Waals surface area (Å²) >= 11 is 0. The zero-order valence-corrected chi connectivity index (χ0v) is 48.4. The molecule has 0 aliphatic carbocycles. The molecular formula is C58H82N12O13. The van der Waals surface area contributed by atoms with Crippen LogP contribution in [0.15, 0.2) is 66.2 Å². The summed E-state index contributed by atoms with van der Waals surface area (Å²) in [6.07, 6.45) is 1.24. The number of nitrogens with one attached hydrogen (secondary N) is 8. The Labute approximate surface area is 483 Å². The van der Waals surface area contributed by atoms with Crippen LogP contribution in [0.25, 0.3) is 0 Å². The lowest BCUT2D eigenvalue weighted by Crippen LogP contribution is -2.61. The number of nitrogens with two attached hydrogens (primary N) is 2. The molecule has 0 bridgehead atoms. The molecule has 12 amide bonds. The molecule has 83 heavy (non-hydrogen) atoms. The smallest absolute Gasteiger partial charge is 0.246 e. The summed E-state index contributed by atoms with van der Waals surface area (Å²) in [6.45, 7) is 12.1. The van der Waals surface area contributed by atoms with Crippen LogP contribution in [0.5, 0.6) is 5.75 Å². The van der Waals surface area contributed by atoms with E-state index in [2.05, 4.69) is 42.5 Å². The molecule has 3 aliphatic heterocycles. The van der Waals surface area contributed by atoms with Gasteiger partial charge >= 0.3 is 0 Å². The number of hydrogen-bond donors (Lipinski definition) is 10. The molecule has 25 heteroatoms. The maximum absolute atomic E-state index is 14.5. The number of allylic oxidation sites excluding steroid dienone is 1. The molecular weight excluding hydrogens is 1070 g/mol. The van der Waals surface area contributed by atoms with Gasteiger partial charge in [-0.2, -0.15) is 0 Å². The SMILES string of the molecule is CC(C)=CCOc1ccc(C[C@@H]2NC(=O)[C@@H]3CCCN3C(=O)[C@H](C(C)C)NC(=O)CNC(=O)[C@H](Cc3ccccc3)NC(=O)[C@H](CC(N)=O)NC(=O)[C@H](CCC(N)=O)NC(=O)[C@H](CC(C)C)NC(=O)[C@@H]3CCCN3C(=O)[C@H](C)NC2=O)cc1. The number of hydrogen-bond acceptors (Lipinski definition) is 13. The molecule has 0 saturated carbocycles. The molecule has 3 heterocycles. The van der Waals surface area contributed by atoms with E-state index in [-0.39, 0.29) is 51.1 Å². The Morgan fingerprint density at radius 1 is 0.602 bits per heavy atom. The number of fused-ring (bicyclic) bond motifs is 2. The van der Waals surface area contributed by atoms with Crippen LogP contribution >= 0.6 is 0 Å². The average molecular weight is 1160 g/mol. The second-order valence-electron chi connectivity index (χ2n) is 22.4. The highest BCUT2D eigenvalue weighted by molar-refractivity contribution is 6.00. The first kappa shape index (κ1) is 65.4. The van der Waals surface area contributed by atoms with Crippen molar-refractivity contribution in [2.45, 2.75) is 167 Å². The van der Waals surface area contributed by atoms with Crippen molar-refractivity contribution in [3.05, 3.63) is 77.4 Å². The van der Waals surface area contributed by atoms with Gasteiger partial charge in [-0.05, 0) is 100 Å². The quantitative estimate of drug-likeness (QED) is 0.0977. The van der Waals surface area contributed by atoms with Crippen LogP contribution < -0.4 is 58.7 Å². The minimum Gasteiger partial charge on any atom is -0.490 e. The summed E-state index contributed by atoms with van der Waals surface area (Å²) in [4.78, 5) is 169. The Bertz CT molecular complexity index is 2720. The van der Waals surface area contributed by atoms with Crippen molar-refractivity contribution in [2.75, 3.05) is 26.2 Å². The van der Waals surface area contributed by atoms with E-state index in [9.17, 15) is 57.5 Å². The fourth-order valence-corrected chi connectivity index (χ4v) is 9.99. The lowest BCUT2D eigenvalue weighted by molar-refractivity contribution is -0.143. The van der Waals surface area contributed by atoms with Gasteiger partial charge in [-0.15, -0.1) is 0 Å². The fraction of sp³-hybridized carbons (Fsp3) is 0.552. The molecule has 25 nitrogen and oxygen atoms in total. The maximum atomic E-state index is 14.5. The first-order chi connectivity index (χ1) is 39.3. The summed E-state index contributed by atoms with van der Waals surface area (Å²) in [5, 5.41) is 20.9. The van der Waals surface area contributed by atoms with Crippen LogP contribution in [0.2, 0.25) is 0 Å². The van der Waals surface area contributed by atoms with Crippen LogP contribution in [0.3, 0.4) is 0 Å². The molecule has 2 aromatic rings. The van der Waals surface area contributed by atoms with Crippen molar-refractivity contribution in [3.8, 4) is 5.75 Å². The lowest BCUT2D eigenvalue weighted by Gasteiger charge is -2.32. The van der Waals surface area contributed by atoms with E-state index in [0.717, 1.165) is 5.57 Å². The largest absolute Gasteiger partial charge is 0.490 e. The number of carbonyl (C=O) groups excluding carboxylic acids is 12. The number of ether oxygens (including phenoxy) is 1. The zero-order valence-electron chi connectivity index (χ0n) is 48.4. The third-order valence-electron chi connectivity index (χ3n) is 14.4. The summed E-state index contributed by atoms with van der Waals surface area (Å²) < 4.78 is 5.82. The van der Waals surface area contributed by atoms with E-state index in [0.29, 0.717) is 36.3 Å². The van der Waals surface area contributed by atoms with Crippen molar-refractivity contribution in [1.29, 1.82) is 0 Å². The standard InChI is InChI=1S/C58H82N12O13/c1-32(2)23-26-83-38-19-17-37(18-20-38)29-42-52(76)62-35(7)57(81)69-24-11-15-44(69)55(79)66-40(27-33(3)4)53(77)63-39(21-22-46(59)71)51(75)65-43(30-47(60)72)54(78)64-41(28-36-13-9-8-10-14-36)50(74)61-31-48(73)68-49(34(5)6)58(82)70-25-12-16-45(70)56(80)67-42/h8-10,13-14,17-20,23,33-35,39-45,49H,11-12,15-16,21-22,24-31H2,1-7H3,(H2,59,71)(H2,60,72)(H,61,74)(H,62,76)(H,63,77)(H,64,78)(H,65,75)(H,66,79)(H,67,80)(H,68,73)/t35-,39-,40-,41-,42-,43-,44-,45-,49-/m0/s1. The van der Waals surface area contributed by atoms with Crippen LogP contribution in [-0.4, -0.2) is 161 Å². The molecule has 3 fully saturated rings. The van der Waals surface area contributed by atoms with E-state index in [1.807, 2.05) is 19.9 Å². The Kier molecular flexibility index (Phi) is 24.6. The third kappa shape index (κ3) is 19.9. The van der Waals surface area contributed by atoms with Crippen LogP contribution in [0.4, 0.5) is 0 Å². The Balaban J connectivity index is 1.52. The number of rotatable bonds is 15. The van der Waals surface area contributed by atoms with E-state index in [1.54, 1.807) is 82.3 Å². The summed E-state index contributed by atoms with van der Waals surface area (Å²) in [5.74, 6) is -10.2. The zero-order chi connectivity index (χ0) is 61.1. The molecule has 3 aliphatic rings. The van der Waals surface area contributed by atoms with Crippen molar-refractivity contribution in [1.82, 2.24) is 52.3 Å². The third-order valence-corrected chi connectivity index (χ3v) is 14.4. The molecule has 0 radical (unpaired) electrons. The van der Waals surface area contributed by atoms with Crippen molar-refractivity contribution in [3.63, 3.8) is 0 Å². The van der Waals surface area contributed by atoms with Crippen LogP contribution in [-0.2, 0) is 70.4 Å². The van der Waals surface area contributed by atoms with Gasteiger partial charge in [0.2, 0.25) is 70.9 Å². The molecule has 452 valence electrons. The van der Waals surface area contributed by atoms with Gasteiger partial charge in [-0.3, -0.25) is 57.5 Å². The molecule has 9 atom stereocenters. The number of amides is 12. The lowest BCUT2D eigenvalue weighted by atomic mass is 10.0. The second-order valence-corrected chi connectivity index (χ2v) is 22.4. The van der Waals surface area contributed by atoms with E-state index in [1.165, 1.54) is 16.7 Å². The van der Waals surface area contributed by atoms with Crippen molar-refractivity contribution in [2.24, 2.45) is 23.3 Å². The van der Waals surface area contributed by atoms with Gasteiger partial charge in [-0.25, -0.2) is 0 Å². The first-order valence-electron chi connectivity index (χ1n) is 28.3. The minimum atomic E-state index is -1.76. The van der Waals surface area contributed by atoms with E-state index >= 15 is 0 Å². The number of nitrogens with zero attached hydrogens (tertiary/aromatic N) is 2. The highest BCUT2D eigenvalue weighted by Gasteiger charge is 2.42. The number of carbonyl (C=O) groups is 12. The van der Waals surface area contributed by atoms with Crippen LogP contribution in [0.1, 0.15) is 111 Å². The topological polar surface area (TPSA) is 369 Å². The summed E-state index contributed by atoms with van der Waals surface area (Å²) in [7, 11) is 0. The molecule has 0 spiro atoms. The average Bonchev–Trinajstić information content (AvgIpc) is 4.34. The predicted octanol–water partition coefficient (Wildman–Crippen LogP) is -0.815. The predicted molar refractivity (Wildman–Crippen MR) is 303 cm³/mol. The van der Waals surface area contributed by atoms with Gasteiger partial charge in [0.05, 0.1) is 13.0 Å². The minimum absolute atomic E-state index is 0.0257. The molecule has 2 aromatic carbocycles. The van der Waals surface area contributed by atoms with Gasteiger partial charge in [0, 0.05) is 32.4 Å². The molecule has 0 unspecified atom stereocenters. The first-order valence-corrected chi connectivity index (χ1v) is 28.3. The Morgan fingerprint density at radius 2 is 1.11 bits per heavy atom. The van der Waals surface area contributed by atoms with Gasteiger partial charge in [0.15, 0.2) is 0 Å². The molecule has 0 aromatic heterocycles. The van der Waals surface area contributed by atoms with E-state index < -0.39 is 157 Å². The van der Waals surface area contributed by atoms with Gasteiger partial charge in [0.25, 0.3) is 0 Å². The monoisotopic (exact) mass is 1150 g/mol. The van der Waals surface area contributed by atoms with Gasteiger partial charge < -0.3 is 68.5 Å². The second kappa shape index (κ2) is 31.2.